The Labute approximate surface area is 289 Å². The average Bonchev–Trinajstić information content (AvgIpc) is 3.00. The molecule has 6 N–H and O–H groups in total. The summed E-state index contributed by atoms with van der Waals surface area (Å²) in [6.45, 7) is 4.23. The van der Waals surface area contributed by atoms with Crippen molar-refractivity contribution in [3.8, 4) is 5.75 Å². The first kappa shape index (κ1) is 39.0. The topological polar surface area (TPSA) is 314 Å². The molecule has 0 spiro atoms. The van der Waals surface area contributed by atoms with Crippen LogP contribution in [0.15, 0.2) is 73.3 Å². The first-order valence-electron chi connectivity index (χ1n) is 13.7. The van der Waals surface area contributed by atoms with Crippen LogP contribution in [0.25, 0.3) is 10.8 Å². The van der Waals surface area contributed by atoms with Crippen molar-refractivity contribution < 1.29 is 61.6 Å². The van der Waals surface area contributed by atoms with E-state index in [0.29, 0.717) is 12.1 Å². The van der Waals surface area contributed by atoms with Crippen molar-refractivity contribution in [3.63, 3.8) is 0 Å². The minimum Gasteiger partial charge on any atom is -0.505 e. The van der Waals surface area contributed by atoms with Crippen LogP contribution in [0.5, 0.6) is 5.75 Å². The number of phenolic OH excluding ortho intramolecular Hbond substituents is 1. The number of anilines is 3. The lowest BCUT2D eigenvalue weighted by Crippen LogP contribution is -2.16. The molecule has 1 heterocycles. The zero-order valence-corrected chi connectivity index (χ0v) is 29.1. The van der Waals surface area contributed by atoms with Gasteiger partial charge in [0.15, 0.2) is 15.6 Å². The summed E-state index contributed by atoms with van der Waals surface area (Å²) < 4.78 is 143. The second-order valence-electron chi connectivity index (χ2n) is 10.2. The van der Waals surface area contributed by atoms with Gasteiger partial charge in [0.2, 0.25) is 11.9 Å². The van der Waals surface area contributed by atoms with Crippen LogP contribution in [0.1, 0.15) is 5.56 Å². The van der Waals surface area contributed by atoms with Crippen molar-refractivity contribution in [1.82, 2.24) is 15.0 Å². The first-order chi connectivity index (χ1) is 23.6. The summed E-state index contributed by atoms with van der Waals surface area (Å²) in [5.74, 6) is -1.75. The standard InChI is InChI=1S/C26H26FN7O13S4/c1-3-48(36,37)9-8-47-7-6-28-25-30-24(27)31-26(32-25)29-16-4-5-17-15(11-16)12-21(51(44,45)46)22(23(17)35)34-33-18-13-19(49(38,39)40)14(2)10-20(18)50(41,42)43/h3-5,10-13,35H,1,6-9H2,2H3,(H,38,39,40)(H,41,42,43)(H,44,45,46)(H2,28,29,30,31,32)/b34-33+. The Morgan fingerprint density at radius 2 is 1.49 bits per heavy atom. The van der Waals surface area contributed by atoms with E-state index in [0.717, 1.165) is 18.4 Å². The zero-order chi connectivity index (χ0) is 37.9. The van der Waals surface area contributed by atoms with Crippen molar-refractivity contribution in [2.75, 3.05) is 36.1 Å². The van der Waals surface area contributed by atoms with E-state index in [9.17, 15) is 56.8 Å². The lowest BCUT2D eigenvalue weighted by Gasteiger charge is -2.12. The molecule has 0 atom stereocenters. The number of halogens is 1. The molecule has 0 unspecified atom stereocenters. The highest BCUT2D eigenvalue weighted by atomic mass is 32.2. The monoisotopic (exact) mass is 791 g/mol. The molecule has 0 amide bonds. The Hall–Kier alpha value is -4.76. The summed E-state index contributed by atoms with van der Waals surface area (Å²) in [5, 5.41) is 24.0. The lowest BCUT2D eigenvalue weighted by molar-refractivity contribution is 0.159. The highest BCUT2D eigenvalue weighted by Gasteiger charge is 2.25. The zero-order valence-electron chi connectivity index (χ0n) is 25.8. The molecule has 274 valence electrons. The van der Waals surface area contributed by atoms with Crippen molar-refractivity contribution in [1.29, 1.82) is 0 Å². The van der Waals surface area contributed by atoms with Gasteiger partial charge in [0.1, 0.15) is 21.2 Å². The molecule has 0 saturated carbocycles. The van der Waals surface area contributed by atoms with Crippen molar-refractivity contribution in [2.24, 2.45) is 10.2 Å². The van der Waals surface area contributed by atoms with Crippen LogP contribution < -0.4 is 10.6 Å². The number of sulfone groups is 1. The van der Waals surface area contributed by atoms with Crippen LogP contribution in [-0.4, -0.2) is 92.9 Å². The minimum atomic E-state index is -5.21. The van der Waals surface area contributed by atoms with Crippen LogP contribution >= 0.6 is 0 Å². The number of fused-ring (bicyclic) bond motifs is 1. The number of ether oxygens (including phenoxy) is 1. The van der Waals surface area contributed by atoms with Crippen molar-refractivity contribution in [2.45, 2.75) is 21.6 Å². The van der Waals surface area contributed by atoms with Gasteiger partial charge in [0, 0.05) is 23.0 Å². The number of nitrogens with zero attached hydrogens (tertiary/aromatic N) is 5. The molecule has 1 aromatic heterocycles. The summed E-state index contributed by atoms with van der Waals surface area (Å²) in [6.07, 6.45) is -1.20. The molecule has 0 aliphatic heterocycles. The Bertz CT molecular complexity index is 2520. The smallest absolute Gasteiger partial charge is 0.315 e. The summed E-state index contributed by atoms with van der Waals surface area (Å²) in [4.78, 5) is 8.15. The number of aromatic hydroxyl groups is 1. The second kappa shape index (κ2) is 14.8. The normalized spacial score (nSPS) is 12.7. The molecule has 4 aromatic rings. The maximum atomic E-state index is 14.2. The van der Waals surface area contributed by atoms with E-state index >= 15 is 0 Å². The number of azo groups is 1. The van der Waals surface area contributed by atoms with Gasteiger partial charge in [-0.1, -0.05) is 6.58 Å². The molecule has 0 saturated heterocycles. The fraction of sp³-hybridized carbons (Fsp3) is 0.192. The number of rotatable bonds is 15. The molecule has 0 bridgehead atoms. The minimum absolute atomic E-state index is 0.00681. The molecular formula is C26H26FN7O13S4. The predicted molar refractivity (Wildman–Crippen MR) is 177 cm³/mol. The van der Waals surface area contributed by atoms with Gasteiger partial charge < -0.3 is 20.5 Å². The van der Waals surface area contributed by atoms with E-state index in [4.69, 9.17) is 4.74 Å². The molecule has 3 aromatic carbocycles. The third-order valence-corrected chi connectivity index (χ3v) is 10.5. The number of hydrogen-bond donors (Lipinski definition) is 6. The Kier molecular flexibility index (Phi) is 11.4. The van der Waals surface area contributed by atoms with E-state index in [2.05, 4.69) is 42.4 Å². The predicted octanol–water partition coefficient (Wildman–Crippen LogP) is 3.06. The molecular weight excluding hydrogens is 766 g/mol. The molecule has 20 nitrogen and oxygen atoms in total. The first-order valence-corrected chi connectivity index (χ1v) is 19.8. The third kappa shape index (κ3) is 9.94. The van der Waals surface area contributed by atoms with E-state index in [-0.39, 0.29) is 59.4 Å². The number of nitrogens with one attached hydrogen (secondary N) is 2. The maximum absolute atomic E-state index is 14.2. The highest BCUT2D eigenvalue weighted by molar-refractivity contribution is 7.94. The van der Waals surface area contributed by atoms with Gasteiger partial charge in [-0.25, -0.2) is 8.42 Å². The van der Waals surface area contributed by atoms with Crippen LogP contribution in [0.4, 0.5) is 33.3 Å². The van der Waals surface area contributed by atoms with Crippen molar-refractivity contribution in [3.05, 3.63) is 60.0 Å². The fourth-order valence-corrected chi connectivity index (χ4v) is 6.84. The van der Waals surface area contributed by atoms with E-state index < -0.39 is 78.1 Å². The van der Waals surface area contributed by atoms with E-state index in [1.54, 1.807) is 0 Å². The Morgan fingerprint density at radius 3 is 2.12 bits per heavy atom. The molecule has 25 heteroatoms. The van der Waals surface area contributed by atoms with Gasteiger partial charge in [0.25, 0.3) is 30.4 Å². The molecule has 0 radical (unpaired) electrons. The Balaban J connectivity index is 1.66. The maximum Gasteiger partial charge on any atom is 0.315 e. The van der Waals surface area contributed by atoms with Crippen LogP contribution in [0.3, 0.4) is 0 Å². The number of phenols is 1. The molecule has 0 aliphatic rings. The number of aromatic nitrogens is 3. The third-order valence-electron chi connectivity index (χ3n) is 6.56. The van der Waals surface area contributed by atoms with Gasteiger partial charge in [-0.2, -0.15) is 44.6 Å². The molecule has 0 aliphatic carbocycles. The summed E-state index contributed by atoms with van der Waals surface area (Å²) >= 11 is 0. The SMILES string of the molecule is C=CS(=O)(=O)CCOCCNc1nc(F)nc(Nc2ccc3c(O)c(/N=N/c4cc(S(=O)(=O)O)c(C)cc4S(=O)(=O)O)c(S(=O)(=O)O)cc3c2)n1. The number of benzene rings is 3. The van der Waals surface area contributed by atoms with Gasteiger partial charge >= 0.3 is 6.08 Å². The highest BCUT2D eigenvalue weighted by Crippen LogP contribution is 2.43. The van der Waals surface area contributed by atoms with E-state index in [1.165, 1.54) is 18.2 Å². The number of aryl methyl sites for hydroxylation is 1. The van der Waals surface area contributed by atoms with Gasteiger partial charge in [0.05, 0.1) is 23.9 Å². The molecule has 0 fully saturated rings. The largest absolute Gasteiger partial charge is 0.505 e. The van der Waals surface area contributed by atoms with Crippen molar-refractivity contribution >= 4 is 79.9 Å². The van der Waals surface area contributed by atoms with Gasteiger partial charge in [-0.3, -0.25) is 13.7 Å². The molecule has 51 heavy (non-hydrogen) atoms. The second-order valence-corrected chi connectivity index (χ2v) is 16.4. The average molecular weight is 792 g/mol. The Morgan fingerprint density at radius 1 is 0.843 bits per heavy atom. The quantitative estimate of drug-likeness (QED) is 0.0572. The molecule has 4 rings (SSSR count). The van der Waals surface area contributed by atoms with Gasteiger partial charge in [-0.15, -0.1) is 10.2 Å². The summed E-state index contributed by atoms with van der Waals surface area (Å²) in [7, 11) is -18.7. The fourth-order valence-electron chi connectivity index (χ4n) is 4.25. The number of hydrogen-bond acceptors (Lipinski definition) is 17. The lowest BCUT2D eigenvalue weighted by atomic mass is 10.1. The summed E-state index contributed by atoms with van der Waals surface area (Å²) in [5.41, 5.74) is -2.02. The van der Waals surface area contributed by atoms with Gasteiger partial charge in [-0.05, 0) is 54.3 Å². The van der Waals surface area contributed by atoms with Crippen LogP contribution in [0.2, 0.25) is 0 Å². The van der Waals surface area contributed by atoms with E-state index in [1.807, 2.05) is 0 Å². The summed E-state index contributed by atoms with van der Waals surface area (Å²) in [6, 6.07) is 5.80. The van der Waals surface area contributed by atoms with Crippen LogP contribution in [0, 0.1) is 13.0 Å². The van der Waals surface area contributed by atoms with Crippen LogP contribution in [-0.2, 0) is 44.9 Å².